The topological polar surface area (TPSA) is 16.1 Å². The van der Waals surface area contributed by atoms with Crippen molar-refractivity contribution < 1.29 is 0 Å². The lowest BCUT2D eigenvalue weighted by molar-refractivity contribution is 0.958. The monoisotopic (exact) mass is 190 g/mol. The number of nitrogens with zero attached hydrogens (tertiary/aromatic N) is 2. The Bertz CT molecular complexity index is 342. The van der Waals surface area contributed by atoms with Crippen LogP contribution in [0, 0.1) is 6.92 Å². The van der Waals surface area contributed by atoms with Crippen molar-refractivity contribution in [3.05, 3.63) is 30.1 Å². The molecule has 76 valence electrons. The fraction of sp³-hybridized carbons (Fsp3) is 0.417. The smallest absolute Gasteiger partial charge is 0.0473 e. The van der Waals surface area contributed by atoms with Crippen molar-refractivity contribution in [1.29, 1.82) is 0 Å². The Labute approximate surface area is 86.3 Å². The number of allylic oxidation sites excluding steroid dienone is 1. The van der Waals surface area contributed by atoms with Crippen LogP contribution in [0.25, 0.3) is 5.57 Å². The standard InChI is InChI=1S/C12H18N2/c1-6-14(5)12-7-10(4)13-8-11(12)9(2)3/h7-8H,2,6H2,1,3-5H3. The Morgan fingerprint density at radius 2 is 2.21 bits per heavy atom. The van der Waals surface area contributed by atoms with E-state index in [2.05, 4.69) is 36.5 Å². The van der Waals surface area contributed by atoms with Gasteiger partial charge in [0.1, 0.15) is 0 Å². The zero-order chi connectivity index (χ0) is 10.7. The van der Waals surface area contributed by atoms with E-state index in [9.17, 15) is 0 Å². The average Bonchev–Trinajstić information content (AvgIpc) is 2.16. The van der Waals surface area contributed by atoms with Gasteiger partial charge in [0.25, 0.3) is 0 Å². The molecule has 0 spiro atoms. The third kappa shape index (κ3) is 2.13. The number of rotatable bonds is 3. The van der Waals surface area contributed by atoms with Crippen molar-refractivity contribution in [3.63, 3.8) is 0 Å². The van der Waals surface area contributed by atoms with Gasteiger partial charge in [0.05, 0.1) is 0 Å². The highest BCUT2D eigenvalue weighted by atomic mass is 15.1. The molecular weight excluding hydrogens is 172 g/mol. The normalized spacial score (nSPS) is 10.0. The van der Waals surface area contributed by atoms with E-state index in [4.69, 9.17) is 0 Å². The van der Waals surface area contributed by atoms with Gasteiger partial charge in [0, 0.05) is 36.7 Å². The van der Waals surface area contributed by atoms with Gasteiger partial charge in [0.15, 0.2) is 0 Å². The SMILES string of the molecule is C=C(C)c1cnc(C)cc1N(C)CC. The molecule has 0 aromatic carbocycles. The molecule has 0 aliphatic rings. The number of aryl methyl sites for hydroxylation is 1. The summed E-state index contributed by atoms with van der Waals surface area (Å²) in [4.78, 5) is 6.50. The van der Waals surface area contributed by atoms with E-state index in [1.807, 2.05) is 20.0 Å². The first-order valence-electron chi connectivity index (χ1n) is 4.90. The van der Waals surface area contributed by atoms with Gasteiger partial charge in [-0.15, -0.1) is 0 Å². The first-order chi connectivity index (χ1) is 6.56. The van der Waals surface area contributed by atoms with Gasteiger partial charge < -0.3 is 4.90 Å². The van der Waals surface area contributed by atoms with Crippen LogP contribution in [0.5, 0.6) is 0 Å². The zero-order valence-electron chi connectivity index (χ0n) is 9.46. The summed E-state index contributed by atoms with van der Waals surface area (Å²) in [5.74, 6) is 0. The molecule has 0 bridgehead atoms. The lowest BCUT2D eigenvalue weighted by Gasteiger charge is -2.20. The summed E-state index contributed by atoms with van der Waals surface area (Å²) in [6.45, 7) is 11.1. The van der Waals surface area contributed by atoms with Crippen LogP contribution in [0.4, 0.5) is 5.69 Å². The second-order valence-electron chi connectivity index (χ2n) is 3.64. The largest absolute Gasteiger partial charge is 0.374 e. The second kappa shape index (κ2) is 4.27. The number of hydrogen-bond acceptors (Lipinski definition) is 2. The molecule has 0 unspecified atom stereocenters. The van der Waals surface area contributed by atoms with Crippen LogP contribution >= 0.6 is 0 Å². The lowest BCUT2D eigenvalue weighted by Crippen LogP contribution is -2.17. The molecule has 14 heavy (non-hydrogen) atoms. The molecule has 0 saturated heterocycles. The van der Waals surface area contributed by atoms with Gasteiger partial charge in [-0.2, -0.15) is 0 Å². The average molecular weight is 190 g/mol. The van der Waals surface area contributed by atoms with Gasteiger partial charge in [-0.3, -0.25) is 4.98 Å². The van der Waals surface area contributed by atoms with E-state index >= 15 is 0 Å². The zero-order valence-corrected chi connectivity index (χ0v) is 9.46. The summed E-state index contributed by atoms with van der Waals surface area (Å²) in [5, 5.41) is 0. The maximum Gasteiger partial charge on any atom is 0.0473 e. The summed E-state index contributed by atoms with van der Waals surface area (Å²) in [5.41, 5.74) is 4.46. The molecule has 1 aromatic heterocycles. The van der Waals surface area contributed by atoms with Gasteiger partial charge >= 0.3 is 0 Å². The van der Waals surface area contributed by atoms with Crippen molar-refractivity contribution in [2.75, 3.05) is 18.5 Å². The molecule has 0 aliphatic carbocycles. The maximum absolute atomic E-state index is 4.29. The third-order valence-corrected chi connectivity index (χ3v) is 2.36. The number of anilines is 1. The highest BCUT2D eigenvalue weighted by molar-refractivity contribution is 5.74. The molecule has 1 rings (SSSR count). The van der Waals surface area contributed by atoms with Crippen LogP contribution in [-0.4, -0.2) is 18.6 Å². The molecule has 2 nitrogen and oxygen atoms in total. The Hall–Kier alpha value is -1.31. The predicted octanol–water partition coefficient (Wildman–Crippen LogP) is 2.88. The van der Waals surface area contributed by atoms with E-state index in [1.54, 1.807) is 0 Å². The molecular formula is C12H18N2. The summed E-state index contributed by atoms with van der Waals surface area (Å²) in [6.07, 6.45) is 1.90. The summed E-state index contributed by atoms with van der Waals surface area (Å²) in [7, 11) is 2.08. The van der Waals surface area contributed by atoms with Crippen molar-refractivity contribution in [3.8, 4) is 0 Å². The molecule has 0 fully saturated rings. The Morgan fingerprint density at radius 3 is 2.71 bits per heavy atom. The minimum atomic E-state index is 0.990. The van der Waals surface area contributed by atoms with Crippen LogP contribution in [0.1, 0.15) is 25.1 Å². The molecule has 0 aliphatic heterocycles. The fourth-order valence-corrected chi connectivity index (χ4v) is 1.36. The first-order valence-corrected chi connectivity index (χ1v) is 4.90. The molecule has 2 heteroatoms. The molecule has 1 heterocycles. The minimum Gasteiger partial charge on any atom is -0.374 e. The van der Waals surface area contributed by atoms with Crippen molar-refractivity contribution >= 4 is 11.3 Å². The van der Waals surface area contributed by atoms with E-state index in [0.29, 0.717) is 0 Å². The molecule has 0 amide bonds. The lowest BCUT2D eigenvalue weighted by atomic mass is 10.1. The molecule has 0 saturated carbocycles. The number of pyridine rings is 1. The number of hydrogen-bond donors (Lipinski definition) is 0. The van der Waals surface area contributed by atoms with E-state index < -0.39 is 0 Å². The molecule has 0 atom stereocenters. The van der Waals surface area contributed by atoms with Gasteiger partial charge in [-0.05, 0) is 32.4 Å². The van der Waals surface area contributed by atoms with Crippen molar-refractivity contribution in [2.24, 2.45) is 0 Å². The van der Waals surface area contributed by atoms with Gasteiger partial charge in [-0.25, -0.2) is 0 Å². The predicted molar refractivity (Wildman–Crippen MR) is 62.6 cm³/mol. The van der Waals surface area contributed by atoms with Crippen LogP contribution in [0.3, 0.4) is 0 Å². The Morgan fingerprint density at radius 1 is 1.57 bits per heavy atom. The van der Waals surface area contributed by atoms with E-state index in [-0.39, 0.29) is 0 Å². The van der Waals surface area contributed by atoms with Gasteiger partial charge in [0.2, 0.25) is 0 Å². The maximum atomic E-state index is 4.29. The Kier molecular flexibility index (Phi) is 3.28. The molecule has 0 radical (unpaired) electrons. The molecule has 0 N–H and O–H groups in total. The highest BCUT2D eigenvalue weighted by Crippen LogP contribution is 2.24. The summed E-state index contributed by atoms with van der Waals surface area (Å²) >= 11 is 0. The van der Waals surface area contributed by atoms with Gasteiger partial charge in [-0.1, -0.05) is 6.58 Å². The van der Waals surface area contributed by atoms with Crippen molar-refractivity contribution in [2.45, 2.75) is 20.8 Å². The quantitative estimate of drug-likeness (QED) is 0.728. The van der Waals surface area contributed by atoms with E-state index in [1.165, 1.54) is 5.69 Å². The van der Waals surface area contributed by atoms with Crippen LogP contribution < -0.4 is 4.90 Å². The van der Waals surface area contributed by atoms with Crippen LogP contribution in [0.15, 0.2) is 18.8 Å². The van der Waals surface area contributed by atoms with Crippen LogP contribution in [0.2, 0.25) is 0 Å². The second-order valence-corrected chi connectivity index (χ2v) is 3.64. The highest BCUT2D eigenvalue weighted by Gasteiger charge is 2.07. The van der Waals surface area contributed by atoms with E-state index in [0.717, 1.165) is 23.4 Å². The fourth-order valence-electron chi connectivity index (χ4n) is 1.36. The van der Waals surface area contributed by atoms with Crippen molar-refractivity contribution in [1.82, 2.24) is 4.98 Å². The molecule has 1 aromatic rings. The Balaban J connectivity index is 3.22. The summed E-state index contributed by atoms with van der Waals surface area (Å²) in [6, 6.07) is 2.10. The third-order valence-electron chi connectivity index (χ3n) is 2.36. The number of aromatic nitrogens is 1. The van der Waals surface area contributed by atoms with Crippen LogP contribution in [-0.2, 0) is 0 Å². The first kappa shape index (κ1) is 10.8. The summed E-state index contributed by atoms with van der Waals surface area (Å²) < 4.78 is 0. The minimum absolute atomic E-state index is 0.990.